The van der Waals surface area contributed by atoms with Crippen LogP contribution in [0.1, 0.15) is 21.7 Å². The molecule has 0 radical (unpaired) electrons. The highest BCUT2D eigenvalue weighted by Gasteiger charge is 2.20. The Bertz CT molecular complexity index is 615. The molecule has 2 aromatic rings. The summed E-state index contributed by atoms with van der Waals surface area (Å²) in [7, 11) is 0. The van der Waals surface area contributed by atoms with Gasteiger partial charge in [-0.2, -0.15) is 0 Å². The van der Waals surface area contributed by atoms with Gasteiger partial charge in [0.05, 0.1) is 6.61 Å². The summed E-state index contributed by atoms with van der Waals surface area (Å²) in [6, 6.07) is 7.92. The van der Waals surface area contributed by atoms with E-state index in [4.69, 9.17) is 4.74 Å². The smallest absolute Gasteiger partial charge is 0.346 e. The molecule has 0 amide bonds. The standard InChI is InChI=1S/C15H17NO3S/c17-15(18)14-12(10-16-6-3-8-19-9-7-16)11-4-1-2-5-13(11)20-14/h1-2,4-5H,3,6-10H2,(H,17,18). The number of hydrogen-bond acceptors (Lipinski definition) is 4. The molecule has 0 saturated carbocycles. The molecule has 2 heterocycles. The van der Waals surface area contributed by atoms with E-state index < -0.39 is 5.97 Å². The number of thiophene rings is 1. The van der Waals surface area contributed by atoms with Crippen LogP contribution in [0.15, 0.2) is 24.3 Å². The first-order chi connectivity index (χ1) is 9.75. The van der Waals surface area contributed by atoms with Crippen LogP contribution in [0.25, 0.3) is 10.1 Å². The maximum atomic E-state index is 11.5. The Morgan fingerprint density at radius 1 is 1.30 bits per heavy atom. The van der Waals surface area contributed by atoms with Gasteiger partial charge in [0.1, 0.15) is 4.88 Å². The zero-order valence-electron chi connectivity index (χ0n) is 11.2. The third kappa shape index (κ3) is 2.70. The highest BCUT2D eigenvalue weighted by molar-refractivity contribution is 7.21. The summed E-state index contributed by atoms with van der Waals surface area (Å²) in [5, 5.41) is 10.5. The van der Waals surface area contributed by atoms with Crippen molar-refractivity contribution in [3.05, 3.63) is 34.7 Å². The number of fused-ring (bicyclic) bond motifs is 1. The number of carboxylic acid groups (broad SMARTS) is 1. The second kappa shape index (κ2) is 5.91. The van der Waals surface area contributed by atoms with E-state index in [-0.39, 0.29) is 0 Å². The Balaban J connectivity index is 1.95. The fourth-order valence-corrected chi connectivity index (χ4v) is 3.66. The first-order valence-electron chi connectivity index (χ1n) is 6.79. The maximum Gasteiger partial charge on any atom is 0.346 e. The van der Waals surface area contributed by atoms with Crippen molar-refractivity contribution in [1.82, 2.24) is 4.90 Å². The topological polar surface area (TPSA) is 49.8 Å². The van der Waals surface area contributed by atoms with E-state index in [1.165, 1.54) is 11.3 Å². The van der Waals surface area contributed by atoms with Crippen LogP contribution in [0, 0.1) is 0 Å². The van der Waals surface area contributed by atoms with Gasteiger partial charge in [0, 0.05) is 30.9 Å². The molecule has 0 bridgehead atoms. The minimum atomic E-state index is -0.827. The van der Waals surface area contributed by atoms with Crippen LogP contribution < -0.4 is 0 Å². The Labute approximate surface area is 121 Å². The molecule has 1 aromatic heterocycles. The van der Waals surface area contributed by atoms with E-state index in [9.17, 15) is 9.90 Å². The van der Waals surface area contributed by atoms with Crippen molar-refractivity contribution in [1.29, 1.82) is 0 Å². The summed E-state index contributed by atoms with van der Waals surface area (Å²) in [4.78, 5) is 14.2. The molecule has 0 unspecified atom stereocenters. The van der Waals surface area contributed by atoms with E-state index in [0.29, 0.717) is 11.4 Å². The number of carbonyl (C=O) groups is 1. The van der Waals surface area contributed by atoms with E-state index in [0.717, 1.165) is 48.4 Å². The second-order valence-corrected chi connectivity index (χ2v) is 6.01. The predicted octanol–water partition coefficient (Wildman–Crippen LogP) is 2.82. The van der Waals surface area contributed by atoms with E-state index >= 15 is 0 Å². The largest absolute Gasteiger partial charge is 0.477 e. The molecule has 1 aliphatic rings. The second-order valence-electron chi connectivity index (χ2n) is 4.95. The highest BCUT2D eigenvalue weighted by atomic mass is 32.1. The SMILES string of the molecule is O=C(O)c1sc2ccccc2c1CN1CCCOCC1. The molecule has 5 heteroatoms. The minimum Gasteiger partial charge on any atom is -0.477 e. The van der Waals surface area contributed by atoms with Crippen LogP contribution in [-0.2, 0) is 11.3 Å². The number of hydrogen-bond donors (Lipinski definition) is 1. The fraction of sp³-hybridized carbons (Fsp3) is 0.400. The first-order valence-corrected chi connectivity index (χ1v) is 7.61. The summed E-state index contributed by atoms with van der Waals surface area (Å²) in [5.74, 6) is -0.827. The van der Waals surface area contributed by atoms with Crippen molar-refractivity contribution in [2.24, 2.45) is 0 Å². The number of rotatable bonds is 3. The van der Waals surface area contributed by atoms with Crippen molar-refractivity contribution in [3.63, 3.8) is 0 Å². The van der Waals surface area contributed by atoms with Crippen LogP contribution in [0.5, 0.6) is 0 Å². The third-order valence-electron chi connectivity index (χ3n) is 3.59. The normalized spacial score (nSPS) is 17.2. The van der Waals surface area contributed by atoms with Gasteiger partial charge in [-0.1, -0.05) is 18.2 Å². The Morgan fingerprint density at radius 2 is 2.15 bits per heavy atom. The first kappa shape index (κ1) is 13.5. The Hall–Kier alpha value is -1.43. The monoisotopic (exact) mass is 291 g/mol. The minimum absolute atomic E-state index is 0.469. The Kier molecular flexibility index (Phi) is 4.00. The predicted molar refractivity (Wildman–Crippen MR) is 79.5 cm³/mol. The molecule has 4 nitrogen and oxygen atoms in total. The molecule has 1 aliphatic heterocycles. The van der Waals surface area contributed by atoms with E-state index in [1.54, 1.807) is 0 Å². The molecular weight excluding hydrogens is 274 g/mol. The molecule has 20 heavy (non-hydrogen) atoms. The van der Waals surface area contributed by atoms with Crippen LogP contribution >= 0.6 is 11.3 Å². The Morgan fingerprint density at radius 3 is 3.00 bits per heavy atom. The van der Waals surface area contributed by atoms with Crippen LogP contribution in [0.4, 0.5) is 0 Å². The van der Waals surface area contributed by atoms with Gasteiger partial charge < -0.3 is 9.84 Å². The number of ether oxygens (including phenoxy) is 1. The van der Waals surface area contributed by atoms with Gasteiger partial charge in [0.25, 0.3) is 0 Å². The van der Waals surface area contributed by atoms with Crippen molar-refractivity contribution in [3.8, 4) is 0 Å². The van der Waals surface area contributed by atoms with Gasteiger partial charge in [0.15, 0.2) is 0 Å². The zero-order chi connectivity index (χ0) is 13.9. The zero-order valence-corrected chi connectivity index (χ0v) is 12.0. The lowest BCUT2D eigenvalue weighted by molar-refractivity contribution is 0.0700. The highest BCUT2D eigenvalue weighted by Crippen LogP contribution is 2.32. The molecule has 1 N–H and O–H groups in total. The number of aromatic carboxylic acids is 1. The van der Waals surface area contributed by atoms with Gasteiger partial charge in [-0.05, 0) is 23.4 Å². The summed E-state index contributed by atoms with van der Waals surface area (Å²) in [5.41, 5.74) is 0.944. The van der Waals surface area contributed by atoms with Gasteiger partial charge in [-0.15, -0.1) is 11.3 Å². The van der Waals surface area contributed by atoms with Crippen molar-refractivity contribution in [2.75, 3.05) is 26.3 Å². The van der Waals surface area contributed by atoms with Gasteiger partial charge in [-0.25, -0.2) is 4.79 Å². The summed E-state index contributed by atoms with van der Waals surface area (Å²) in [6.45, 7) is 4.04. The van der Waals surface area contributed by atoms with E-state index in [2.05, 4.69) is 4.90 Å². The van der Waals surface area contributed by atoms with Crippen molar-refractivity contribution in [2.45, 2.75) is 13.0 Å². The molecule has 3 rings (SSSR count). The van der Waals surface area contributed by atoms with Gasteiger partial charge in [-0.3, -0.25) is 4.90 Å². The lowest BCUT2D eigenvalue weighted by atomic mass is 10.1. The lowest BCUT2D eigenvalue weighted by Gasteiger charge is -2.19. The maximum absolute atomic E-state index is 11.5. The number of benzene rings is 1. The average molecular weight is 291 g/mol. The van der Waals surface area contributed by atoms with Crippen LogP contribution in [0.2, 0.25) is 0 Å². The molecule has 1 fully saturated rings. The quantitative estimate of drug-likeness (QED) is 0.944. The molecule has 0 aliphatic carbocycles. The molecule has 106 valence electrons. The summed E-state index contributed by atoms with van der Waals surface area (Å²) < 4.78 is 6.50. The average Bonchev–Trinajstić information content (AvgIpc) is 2.62. The van der Waals surface area contributed by atoms with Crippen molar-refractivity contribution >= 4 is 27.4 Å². The molecular formula is C15H17NO3S. The van der Waals surface area contributed by atoms with E-state index in [1.807, 2.05) is 24.3 Å². The molecule has 1 aromatic carbocycles. The van der Waals surface area contributed by atoms with Gasteiger partial charge in [0.2, 0.25) is 0 Å². The molecule has 1 saturated heterocycles. The fourth-order valence-electron chi connectivity index (χ4n) is 2.61. The number of carboxylic acids is 1. The third-order valence-corrected chi connectivity index (χ3v) is 4.79. The van der Waals surface area contributed by atoms with Gasteiger partial charge >= 0.3 is 5.97 Å². The van der Waals surface area contributed by atoms with Crippen LogP contribution in [0.3, 0.4) is 0 Å². The van der Waals surface area contributed by atoms with Crippen LogP contribution in [-0.4, -0.2) is 42.3 Å². The lowest BCUT2D eigenvalue weighted by Crippen LogP contribution is -2.26. The number of nitrogens with zero attached hydrogens (tertiary/aromatic N) is 1. The summed E-state index contributed by atoms with van der Waals surface area (Å²) in [6.07, 6.45) is 1.00. The molecule has 0 atom stereocenters. The summed E-state index contributed by atoms with van der Waals surface area (Å²) >= 11 is 1.37. The molecule has 0 spiro atoms. The van der Waals surface area contributed by atoms with Crippen molar-refractivity contribution < 1.29 is 14.6 Å².